The highest BCUT2D eigenvalue weighted by Crippen LogP contribution is 2.27. The molecular weight excluding hydrogens is 170 g/mol. The molecule has 0 atom stereocenters. The van der Waals surface area contributed by atoms with Crippen molar-refractivity contribution in [3.63, 3.8) is 0 Å². The Bertz CT molecular complexity index is 341. The van der Waals surface area contributed by atoms with Gasteiger partial charge in [-0.15, -0.1) is 12.6 Å². The molecule has 0 fully saturated rings. The Morgan fingerprint density at radius 2 is 2.17 bits per heavy atom. The highest BCUT2D eigenvalue weighted by atomic mass is 32.1. The number of hydrogen-bond donors (Lipinski definition) is 1. The molecule has 0 bridgehead atoms. The molecule has 3 heteroatoms. The highest BCUT2D eigenvalue weighted by Gasteiger charge is 2.05. The summed E-state index contributed by atoms with van der Waals surface area (Å²) in [5.41, 5.74) is 1.50. The number of methoxy groups -OCH3 is 1. The highest BCUT2D eigenvalue weighted by molar-refractivity contribution is 7.80. The minimum Gasteiger partial charge on any atom is -0.496 e. The van der Waals surface area contributed by atoms with Gasteiger partial charge in [0.2, 0.25) is 0 Å². The monoisotopic (exact) mass is 179 g/mol. The quantitative estimate of drug-likeness (QED) is 0.670. The van der Waals surface area contributed by atoms with Gasteiger partial charge in [0.05, 0.1) is 23.6 Å². The van der Waals surface area contributed by atoms with Crippen molar-refractivity contribution in [2.75, 3.05) is 7.11 Å². The largest absolute Gasteiger partial charge is 0.496 e. The lowest BCUT2D eigenvalue weighted by molar-refractivity contribution is 0.404. The molecule has 1 aromatic rings. The van der Waals surface area contributed by atoms with Crippen molar-refractivity contribution < 1.29 is 4.74 Å². The molecule has 0 heterocycles. The van der Waals surface area contributed by atoms with E-state index >= 15 is 0 Å². The number of benzene rings is 1. The predicted octanol–water partition coefficient (Wildman–Crippen LogP) is 2.16. The SMILES string of the molecule is COc1ccc(C#N)c(C)c1S. The molecule has 0 saturated heterocycles. The Kier molecular flexibility index (Phi) is 2.61. The van der Waals surface area contributed by atoms with Crippen LogP contribution in [0.4, 0.5) is 0 Å². The number of nitriles is 1. The van der Waals surface area contributed by atoms with E-state index in [1.165, 1.54) is 0 Å². The first-order chi connectivity index (χ1) is 5.70. The van der Waals surface area contributed by atoms with Gasteiger partial charge in [0.25, 0.3) is 0 Å². The molecule has 62 valence electrons. The van der Waals surface area contributed by atoms with Crippen LogP contribution >= 0.6 is 12.6 Å². The van der Waals surface area contributed by atoms with Crippen LogP contribution in [0, 0.1) is 18.3 Å². The average molecular weight is 179 g/mol. The molecule has 0 saturated carbocycles. The summed E-state index contributed by atoms with van der Waals surface area (Å²) in [6, 6.07) is 5.56. The van der Waals surface area contributed by atoms with Crippen molar-refractivity contribution in [3.05, 3.63) is 23.3 Å². The third-order valence-electron chi connectivity index (χ3n) is 1.73. The van der Waals surface area contributed by atoms with E-state index in [1.54, 1.807) is 19.2 Å². The minimum atomic E-state index is 0.640. The lowest BCUT2D eigenvalue weighted by atomic mass is 10.1. The average Bonchev–Trinajstić information content (AvgIpc) is 2.10. The maximum atomic E-state index is 8.68. The van der Waals surface area contributed by atoms with Crippen molar-refractivity contribution in [1.29, 1.82) is 5.26 Å². The molecule has 1 aromatic carbocycles. The van der Waals surface area contributed by atoms with Crippen LogP contribution in [0.15, 0.2) is 17.0 Å². The molecule has 0 spiro atoms. The number of rotatable bonds is 1. The maximum Gasteiger partial charge on any atom is 0.132 e. The summed E-state index contributed by atoms with van der Waals surface area (Å²) in [6.45, 7) is 1.85. The topological polar surface area (TPSA) is 33.0 Å². The van der Waals surface area contributed by atoms with Crippen LogP contribution in [0.1, 0.15) is 11.1 Å². The molecule has 0 aliphatic carbocycles. The number of hydrogen-bond acceptors (Lipinski definition) is 3. The Morgan fingerprint density at radius 1 is 1.50 bits per heavy atom. The zero-order valence-corrected chi connectivity index (χ0v) is 7.85. The lowest BCUT2D eigenvalue weighted by Gasteiger charge is -2.06. The summed E-state index contributed by atoms with van der Waals surface area (Å²) in [4.78, 5) is 0.733. The Morgan fingerprint density at radius 3 is 2.67 bits per heavy atom. The zero-order valence-electron chi connectivity index (χ0n) is 6.96. The van der Waals surface area contributed by atoms with Crippen molar-refractivity contribution in [3.8, 4) is 11.8 Å². The lowest BCUT2D eigenvalue weighted by Crippen LogP contribution is -1.90. The van der Waals surface area contributed by atoms with Gasteiger partial charge in [0.1, 0.15) is 5.75 Å². The smallest absolute Gasteiger partial charge is 0.132 e. The normalized spacial score (nSPS) is 9.17. The molecule has 0 aliphatic heterocycles. The first-order valence-electron chi connectivity index (χ1n) is 3.47. The summed E-state index contributed by atoms with van der Waals surface area (Å²) >= 11 is 4.24. The van der Waals surface area contributed by atoms with Crippen LogP contribution < -0.4 is 4.74 Å². The van der Waals surface area contributed by atoms with E-state index in [0.717, 1.165) is 10.5 Å². The predicted molar refractivity (Wildman–Crippen MR) is 49.7 cm³/mol. The van der Waals surface area contributed by atoms with E-state index in [2.05, 4.69) is 18.7 Å². The third-order valence-corrected chi connectivity index (χ3v) is 2.29. The number of nitrogens with zero attached hydrogens (tertiary/aromatic N) is 1. The van der Waals surface area contributed by atoms with E-state index < -0.39 is 0 Å². The molecule has 0 aliphatic rings. The molecule has 0 aromatic heterocycles. The van der Waals surface area contributed by atoms with Gasteiger partial charge in [-0.1, -0.05) is 0 Å². The van der Waals surface area contributed by atoms with Crippen LogP contribution in [-0.2, 0) is 0 Å². The van der Waals surface area contributed by atoms with Gasteiger partial charge in [0, 0.05) is 0 Å². The van der Waals surface area contributed by atoms with Crippen LogP contribution in [-0.4, -0.2) is 7.11 Å². The van der Waals surface area contributed by atoms with Gasteiger partial charge in [-0.25, -0.2) is 0 Å². The van der Waals surface area contributed by atoms with E-state index in [1.807, 2.05) is 6.92 Å². The van der Waals surface area contributed by atoms with E-state index in [0.29, 0.717) is 11.3 Å². The molecule has 0 N–H and O–H groups in total. The molecule has 1 rings (SSSR count). The van der Waals surface area contributed by atoms with Gasteiger partial charge in [0.15, 0.2) is 0 Å². The van der Waals surface area contributed by atoms with Crippen LogP contribution in [0.2, 0.25) is 0 Å². The van der Waals surface area contributed by atoms with Crippen LogP contribution in [0.5, 0.6) is 5.75 Å². The first kappa shape index (κ1) is 8.95. The van der Waals surface area contributed by atoms with Crippen LogP contribution in [0.3, 0.4) is 0 Å². The standard InChI is InChI=1S/C9H9NOS/c1-6-7(5-10)3-4-8(11-2)9(6)12/h3-4,12H,1-2H3. The van der Waals surface area contributed by atoms with Crippen molar-refractivity contribution in [2.24, 2.45) is 0 Å². The van der Waals surface area contributed by atoms with E-state index in [9.17, 15) is 0 Å². The summed E-state index contributed by atoms with van der Waals surface area (Å²) in [6.07, 6.45) is 0. The second-order valence-corrected chi connectivity index (χ2v) is 2.85. The molecule has 0 unspecified atom stereocenters. The number of ether oxygens (including phenoxy) is 1. The van der Waals surface area contributed by atoms with Gasteiger partial charge in [-0.3, -0.25) is 0 Å². The summed E-state index contributed by atoms with van der Waals surface area (Å²) < 4.78 is 5.04. The fraction of sp³-hybridized carbons (Fsp3) is 0.222. The molecular formula is C9H9NOS. The number of thiol groups is 1. The van der Waals surface area contributed by atoms with Crippen LogP contribution in [0.25, 0.3) is 0 Å². The Hall–Kier alpha value is -1.14. The first-order valence-corrected chi connectivity index (χ1v) is 3.92. The van der Waals surface area contributed by atoms with Crippen molar-refractivity contribution >= 4 is 12.6 Å². The summed E-state index contributed by atoms with van der Waals surface area (Å²) in [5.74, 6) is 0.704. The fourth-order valence-electron chi connectivity index (χ4n) is 0.961. The van der Waals surface area contributed by atoms with E-state index in [4.69, 9.17) is 10.00 Å². The van der Waals surface area contributed by atoms with Crippen molar-refractivity contribution in [2.45, 2.75) is 11.8 Å². The second kappa shape index (κ2) is 3.51. The van der Waals surface area contributed by atoms with Gasteiger partial charge in [-0.05, 0) is 24.6 Å². The Balaban J connectivity index is 3.32. The molecule has 2 nitrogen and oxygen atoms in total. The van der Waals surface area contributed by atoms with Crippen molar-refractivity contribution in [1.82, 2.24) is 0 Å². The van der Waals surface area contributed by atoms with Gasteiger partial charge in [-0.2, -0.15) is 5.26 Å². The summed E-state index contributed by atoms with van der Waals surface area (Å²) in [5, 5.41) is 8.68. The molecule has 12 heavy (non-hydrogen) atoms. The van der Waals surface area contributed by atoms with Gasteiger partial charge >= 0.3 is 0 Å². The van der Waals surface area contributed by atoms with Gasteiger partial charge < -0.3 is 4.74 Å². The third kappa shape index (κ3) is 1.39. The summed E-state index contributed by atoms with van der Waals surface area (Å²) in [7, 11) is 1.58. The fourth-order valence-corrected chi connectivity index (χ4v) is 1.25. The second-order valence-electron chi connectivity index (χ2n) is 2.40. The molecule has 0 amide bonds. The molecule has 0 radical (unpaired) electrons. The van der Waals surface area contributed by atoms with E-state index in [-0.39, 0.29) is 0 Å². The zero-order chi connectivity index (χ0) is 9.14. The maximum absolute atomic E-state index is 8.68. The Labute approximate surface area is 77.2 Å². The minimum absolute atomic E-state index is 0.640.